The molecule has 1 aromatic heterocycles. The third-order valence-electron chi connectivity index (χ3n) is 3.48. The van der Waals surface area contributed by atoms with E-state index in [-0.39, 0.29) is 11.6 Å². The van der Waals surface area contributed by atoms with E-state index >= 15 is 0 Å². The quantitative estimate of drug-likeness (QED) is 0.845. The van der Waals surface area contributed by atoms with E-state index in [4.69, 9.17) is 11.6 Å². The number of hydrogen-bond acceptors (Lipinski definition) is 3. The molecule has 0 atom stereocenters. The lowest BCUT2D eigenvalue weighted by Crippen LogP contribution is -2.56. The number of pyridine rings is 1. The summed E-state index contributed by atoms with van der Waals surface area (Å²) in [5, 5.41) is 1.81. The molecule has 0 fully saturated rings. The van der Waals surface area contributed by atoms with E-state index in [2.05, 4.69) is 10.4 Å². The Morgan fingerprint density at radius 3 is 2.42 bits per heavy atom. The van der Waals surface area contributed by atoms with Crippen molar-refractivity contribution in [2.24, 2.45) is 0 Å². The van der Waals surface area contributed by atoms with Crippen molar-refractivity contribution in [2.75, 3.05) is 0 Å². The summed E-state index contributed by atoms with van der Waals surface area (Å²) >= 11 is 6.11. The number of amides is 2. The van der Waals surface area contributed by atoms with Crippen molar-refractivity contribution in [3.05, 3.63) is 64.4 Å². The number of carbonyl (C=O) groups is 2. The molecule has 0 radical (unpaired) electrons. The molecule has 2 rings (SSSR count). The van der Waals surface area contributed by atoms with Crippen LogP contribution in [0, 0.1) is 6.92 Å². The lowest BCUT2D eigenvalue weighted by molar-refractivity contribution is 0.0356. The van der Waals surface area contributed by atoms with Gasteiger partial charge in [-0.3, -0.25) is 20.0 Å². The van der Waals surface area contributed by atoms with Gasteiger partial charge in [0.05, 0.1) is 5.54 Å². The van der Waals surface area contributed by atoms with Gasteiger partial charge in [0, 0.05) is 16.8 Å². The summed E-state index contributed by atoms with van der Waals surface area (Å²) in [5.41, 5.74) is 3.38. The molecule has 1 heterocycles. The highest BCUT2D eigenvalue weighted by molar-refractivity contribution is 6.31. The second kappa shape index (κ2) is 7.01. The van der Waals surface area contributed by atoms with E-state index in [1.54, 1.807) is 43.3 Å². The van der Waals surface area contributed by atoms with Gasteiger partial charge in [0.15, 0.2) is 0 Å². The van der Waals surface area contributed by atoms with Crippen molar-refractivity contribution >= 4 is 23.4 Å². The molecule has 0 saturated heterocycles. The summed E-state index contributed by atoms with van der Waals surface area (Å²) in [4.78, 5) is 29.4. The molecule has 0 aliphatic rings. The average molecular weight is 346 g/mol. The monoisotopic (exact) mass is 345 g/mol. The molecule has 24 heavy (non-hydrogen) atoms. The number of nitrogens with one attached hydrogen (secondary N) is 1. The van der Waals surface area contributed by atoms with Crippen molar-refractivity contribution in [3.8, 4) is 0 Å². The Morgan fingerprint density at radius 2 is 1.83 bits per heavy atom. The number of halogens is 1. The van der Waals surface area contributed by atoms with Gasteiger partial charge in [0.2, 0.25) is 0 Å². The first-order valence-corrected chi connectivity index (χ1v) is 7.91. The predicted molar refractivity (Wildman–Crippen MR) is 93.8 cm³/mol. The van der Waals surface area contributed by atoms with Crippen LogP contribution in [0.25, 0.3) is 0 Å². The summed E-state index contributed by atoms with van der Waals surface area (Å²) in [6, 6.07) is 10.1. The first-order valence-electron chi connectivity index (χ1n) is 7.53. The maximum absolute atomic E-state index is 13.0. The zero-order chi connectivity index (χ0) is 17.9. The first-order chi connectivity index (χ1) is 11.2. The third-order valence-corrected chi connectivity index (χ3v) is 3.89. The largest absolute Gasteiger partial charge is 0.288 e. The SMILES string of the molecule is Cc1c(Cl)cccc1C(=O)N(NC(=O)c1ccccn1)C(C)(C)C. The number of hydrogen-bond donors (Lipinski definition) is 1. The van der Waals surface area contributed by atoms with E-state index in [0.29, 0.717) is 16.1 Å². The molecular weight excluding hydrogens is 326 g/mol. The third kappa shape index (κ3) is 3.92. The highest BCUT2D eigenvalue weighted by Gasteiger charge is 2.30. The highest BCUT2D eigenvalue weighted by Crippen LogP contribution is 2.22. The van der Waals surface area contributed by atoms with Gasteiger partial charge in [-0.25, -0.2) is 5.01 Å². The van der Waals surface area contributed by atoms with Crippen molar-refractivity contribution in [2.45, 2.75) is 33.2 Å². The fraction of sp³-hybridized carbons (Fsp3) is 0.278. The minimum absolute atomic E-state index is 0.238. The molecule has 0 aliphatic carbocycles. The van der Waals surface area contributed by atoms with Gasteiger partial charge in [-0.1, -0.05) is 23.7 Å². The molecule has 0 unspecified atom stereocenters. The number of hydrazine groups is 1. The average Bonchev–Trinajstić information content (AvgIpc) is 2.54. The van der Waals surface area contributed by atoms with Gasteiger partial charge in [-0.05, 0) is 57.5 Å². The minimum Gasteiger partial charge on any atom is -0.267 e. The Labute approximate surface area is 146 Å². The Morgan fingerprint density at radius 1 is 1.12 bits per heavy atom. The Hall–Kier alpha value is -2.40. The van der Waals surface area contributed by atoms with Gasteiger partial charge in [-0.15, -0.1) is 0 Å². The maximum atomic E-state index is 13.0. The van der Waals surface area contributed by atoms with Gasteiger partial charge < -0.3 is 0 Å². The summed E-state index contributed by atoms with van der Waals surface area (Å²) < 4.78 is 0. The molecule has 6 heteroatoms. The first kappa shape index (κ1) is 17.9. The minimum atomic E-state index is -0.629. The van der Waals surface area contributed by atoms with E-state index in [9.17, 15) is 9.59 Å². The van der Waals surface area contributed by atoms with Crippen LogP contribution in [0.4, 0.5) is 0 Å². The van der Waals surface area contributed by atoms with Crippen LogP contribution in [0.3, 0.4) is 0 Å². The van der Waals surface area contributed by atoms with Crippen LogP contribution in [-0.4, -0.2) is 27.3 Å². The topological polar surface area (TPSA) is 62.3 Å². The number of aromatic nitrogens is 1. The molecule has 5 nitrogen and oxygen atoms in total. The van der Waals surface area contributed by atoms with Crippen LogP contribution in [0.1, 0.15) is 47.2 Å². The Balaban J connectivity index is 2.34. The molecule has 2 amide bonds. The van der Waals surface area contributed by atoms with Crippen molar-refractivity contribution in [1.82, 2.24) is 15.4 Å². The summed E-state index contributed by atoms with van der Waals surface area (Å²) in [6.07, 6.45) is 1.53. The second-order valence-electron chi connectivity index (χ2n) is 6.38. The number of nitrogens with zero attached hydrogens (tertiary/aromatic N) is 2. The molecule has 2 aromatic rings. The molecule has 0 spiro atoms. The van der Waals surface area contributed by atoms with Gasteiger partial charge in [0.25, 0.3) is 11.8 Å². The molecule has 0 saturated carbocycles. The molecule has 1 aromatic carbocycles. The number of carbonyl (C=O) groups excluding carboxylic acids is 2. The van der Waals surface area contributed by atoms with E-state index in [1.165, 1.54) is 11.2 Å². The summed E-state index contributed by atoms with van der Waals surface area (Å²) in [7, 11) is 0. The van der Waals surface area contributed by atoms with Crippen LogP contribution < -0.4 is 5.43 Å². The highest BCUT2D eigenvalue weighted by atomic mass is 35.5. The Kier molecular flexibility index (Phi) is 5.24. The normalized spacial score (nSPS) is 11.0. The van der Waals surface area contributed by atoms with Crippen LogP contribution in [0.5, 0.6) is 0 Å². The zero-order valence-electron chi connectivity index (χ0n) is 14.1. The van der Waals surface area contributed by atoms with Gasteiger partial charge >= 0.3 is 0 Å². The lowest BCUT2D eigenvalue weighted by Gasteiger charge is -2.35. The van der Waals surface area contributed by atoms with Crippen LogP contribution in [0.15, 0.2) is 42.6 Å². The van der Waals surface area contributed by atoms with Gasteiger partial charge in [0.1, 0.15) is 5.69 Å². The zero-order valence-corrected chi connectivity index (χ0v) is 14.9. The van der Waals surface area contributed by atoms with Crippen molar-refractivity contribution < 1.29 is 9.59 Å². The second-order valence-corrected chi connectivity index (χ2v) is 6.79. The Bertz CT molecular complexity index is 755. The van der Waals surface area contributed by atoms with Crippen molar-refractivity contribution in [1.29, 1.82) is 0 Å². The molecule has 1 N–H and O–H groups in total. The van der Waals surface area contributed by atoms with E-state index in [0.717, 1.165) is 0 Å². The van der Waals surface area contributed by atoms with Crippen LogP contribution in [-0.2, 0) is 0 Å². The van der Waals surface area contributed by atoms with Crippen LogP contribution in [0.2, 0.25) is 5.02 Å². The maximum Gasteiger partial charge on any atom is 0.288 e. The van der Waals surface area contributed by atoms with Crippen LogP contribution >= 0.6 is 11.6 Å². The summed E-state index contributed by atoms with van der Waals surface area (Å²) in [6.45, 7) is 7.29. The molecule has 0 aliphatic heterocycles. The predicted octanol–water partition coefficient (Wildman–Crippen LogP) is 3.63. The molecular formula is C18H20ClN3O2. The fourth-order valence-electron chi connectivity index (χ4n) is 2.14. The van der Waals surface area contributed by atoms with Gasteiger partial charge in [-0.2, -0.15) is 0 Å². The smallest absolute Gasteiger partial charge is 0.267 e. The number of benzene rings is 1. The standard InChI is InChI=1S/C18H20ClN3O2/c1-12-13(8-7-9-14(12)19)17(24)22(18(2,3)4)21-16(23)15-10-5-6-11-20-15/h5-11H,1-4H3,(H,21,23). The van der Waals surface area contributed by atoms with E-state index < -0.39 is 11.4 Å². The number of rotatable bonds is 2. The lowest BCUT2D eigenvalue weighted by atomic mass is 10.0. The summed E-state index contributed by atoms with van der Waals surface area (Å²) in [5.74, 6) is -0.773. The molecule has 0 bridgehead atoms. The van der Waals surface area contributed by atoms with Crippen molar-refractivity contribution in [3.63, 3.8) is 0 Å². The fourth-order valence-corrected chi connectivity index (χ4v) is 2.31. The molecule has 126 valence electrons. The van der Waals surface area contributed by atoms with E-state index in [1.807, 2.05) is 20.8 Å².